The van der Waals surface area contributed by atoms with Crippen molar-refractivity contribution in [3.63, 3.8) is 0 Å². The molecule has 3 aromatic rings. The number of likely N-dealkylation sites (tertiary alicyclic amines) is 1. The minimum absolute atomic E-state index is 0.0509. The first-order valence-corrected chi connectivity index (χ1v) is 22.3. The van der Waals surface area contributed by atoms with E-state index in [-0.39, 0.29) is 30.6 Å². The summed E-state index contributed by atoms with van der Waals surface area (Å²) in [5.74, 6) is 0.403. The fourth-order valence-electron chi connectivity index (χ4n) is 8.33. The van der Waals surface area contributed by atoms with E-state index in [0.717, 1.165) is 124 Å². The minimum atomic E-state index is -0.959. The highest BCUT2D eigenvalue weighted by molar-refractivity contribution is 7.99. The molecular formula is C45H54N8O6S. The number of nitrogens with one attached hydrogen (secondary N) is 2. The minimum Gasteiger partial charge on any atom is -0.354 e. The van der Waals surface area contributed by atoms with Gasteiger partial charge in [-0.3, -0.25) is 48.9 Å². The van der Waals surface area contributed by atoms with Crippen molar-refractivity contribution in [2.45, 2.75) is 75.1 Å². The maximum absolute atomic E-state index is 13.3. The molecule has 2 N–H and O–H groups in total. The topological polar surface area (TPSA) is 165 Å². The van der Waals surface area contributed by atoms with Gasteiger partial charge in [-0.25, -0.2) is 4.98 Å². The van der Waals surface area contributed by atoms with Gasteiger partial charge in [-0.1, -0.05) is 25.3 Å². The number of aromatic nitrogens is 2. The number of imide groups is 2. The molecule has 6 amide bonds. The first-order chi connectivity index (χ1) is 29.2. The molecule has 0 bridgehead atoms. The van der Waals surface area contributed by atoms with Gasteiger partial charge in [0, 0.05) is 81.8 Å². The summed E-state index contributed by atoms with van der Waals surface area (Å²) in [7, 11) is 0. The quantitative estimate of drug-likeness (QED) is 0.0830. The normalized spacial score (nSPS) is 18.9. The second kappa shape index (κ2) is 20.7. The van der Waals surface area contributed by atoms with E-state index in [0.29, 0.717) is 29.2 Å². The van der Waals surface area contributed by atoms with Gasteiger partial charge in [0.15, 0.2) is 0 Å². The molecule has 60 heavy (non-hydrogen) atoms. The molecule has 0 spiro atoms. The van der Waals surface area contributed by atoms with Crippen LogP contribution in [0.15, 0.2) is 72.0 Å². The van der Waals surface area contributed by atoms with Crippen LogP contribution in [0.4, 0.5) is 5.82 Å². The Bertz CT molecular complexity index is 2050. The number of piperidine rings is 2. The lowest BCUT2D eigenvalue weighted by atomic mass is 9.91. The van der Waals surface area contributed by atoms with Crippen LogP contribution in [0.3, 0.4) is 0 Å². The first-order valence-electron chi connectivity index (χ1n) is 21.3. The molecule has 1 atom stereocenters. The van der Waals surface area contributed by atoms with Gasteiger partial charge >= 0.3 is 0 Å². The zero-order chi connectivity index (χ0) is 41.8. The third-order valence-corrected chi connectivity index (χ3v) is 12.9. The van der Waals surface area contributed by atoms with Crippen molar-refractivity contribution in [1.82, 2.24) is 35.3 Å². The number of rotatable bonds is 17. The summed E-state index contributed by atoms with van der Waals surface area (Å²) in [4.78, 5) is 92.7. The predicted molar refractivity (Wildman–Crippen MR) is 229 cm³/mol. The van der Waals surface area contributed by atoms with Gasteiger partial charge < -0.3 is 15.1 Å². The van der Waals surface area contributed by atoms with E-state index >= 15 is 0 Å². The molecule has 1 aromatic carbocycles. The van der Waals surface area contributed by atoms with Gasteiger partial charge in [-0.05, 0) is 105 Å². The van der Waals surface area contributed by atoms with Crippen LogP contribution in [0.2, 0.25) is 0 Å². The molecule has 6 heterocycles. The van der Waals surface area contributed by atoms with Gasteiger partial charge in [-0.15, -0.1) is 11.8 Å². The largest absolute Gasteiger partial charge is 0.354 e. The molecule has 2 aromatic heterocycles. The van der Waals surface area contributed by atoms with Crippen molar-refractivity contribution in [2.75, 3.05) is 63.0 Å². The number of carbonyl (C=O) groups excluding carboxylic acids is 6. The van der Waals surface area contributed by atoms with E-state index in [1.165, 1.54) is 0 Å². The number of carbonyl (C=O) groups is 6. The number of anilines is 1. The van der Waals surface area contributed by atoms with Crippen LogP contribution < -0.4 is 15.5 Å². The van der Waals surface area contributed by atoms with Gasteiger partial charge in [0.2, 0.25) is 17.7 Å². The lowest BCUT2D eigenvalue weighted by Crippen LogP contribution is -2.54. The van der Waals surface area contributed by atoms with E-state index in [2.05, 4.69) is 30.4 Å². The van der Waals surface area contributed by atoms with Crippen LogP contribution in [0, 0.1) is 5.92 Å². The summed E-state index contributed by atoms with van der Waals surface area (Å²) in [6, 6.07) is 11.9. The average molecular weight is 835 g/mol. The van der Waals surface area contributed by atoms with E-state index in [1.807, 2.05) is 35.2 Å². The van der Waals surface area contributed by atoms with Crippen molar-refractivity contribution in [1.29, 1.82) is 0 Å². The van der Waals surface area contributed by atoms with E-state index < -0.39 is 23.8 Å². The zero-order valence-electron chi connectivity index (χ0n) is 34.1. The summed E-state index contributed by atoms with van der Waals surface area (Å²) in [5.41, 5.74) is 2.15. The van der Waals surface area contributed by atoms with E-state index in [1.54, 1.807) is 54.6 Å². The van der Waals surface area contributed by atoms with Crippen LogP contribution >= 0.6 is 11.8 Å². The van der Waals surface area contributed by atoms with Crippen LogP contribution in [0.5, 0.6) is 0 Å². The number of unbranched alkanes of at least 4 members (excludes halogenated alkanes) is 3. The average Bonchev–Trinajstić information content (AvgIpc) is 3.52. The number of hydrogen-bond acceptors (Lipinski definition) is 11. The molecule has 7 rings (SSSR count). The highest BCUT2D eigenvalue weighted by Crippen LogP contribution is 2.31. The standard InChI is InChI=1S/C45H54N8O6S/c54-40(15-9-33-8-6-19-46-30-33)47-20-3-2-7-32-17-22-52(23-18-32)43(57)34-10-14-39(48-31-34)51-26-24-50(25-27-51)21-4-1-5-28-60-35-11-12-36-37(29-35)45(59)53(44(36)58)38-13-16-41(55)49-42(38)56/h6,8-12,14-15,19,29-32,38H,1-5,7,13,16-18,20-28H2,(H,47,54)(H,49,55,56)/b15-9+. The second-order valence-electron chi connectivity index (χ2n) is 15.9. The Labute approximate surface area is 355 Å². The highest BCUT2D eigenvalue weighted by Gasteiger charge is 2.44. The van der Waals surface area contributed by atoms with Crippen LogP contribution in [-0.2, 0) is 14.4 Å². The molecule has 0 radical (unpaired) electrons. The number of hydrogen-bond donors (Lipinski definition) is 2. The Morgan fingerprint density at radius 2 is 1.67 bits per heavy atom. The number of nitrogens with zero attached hydrogens (tertiary/aromatic N) is 6. The smallest absolute Gasteiger partial charge is 0.262 e. The molecule has 1 unspecified atom stereocenters. The Balaban J connectivity index is 0.733. The van der Waals surface area contributed by atoms with Crippen LogP contribution in [0.1, 0.15) is 101 Å². The Morgan fingerprint density at radius 1 is 0.850 bits per heavy atom. The molecule has 0 saturated carbocycles. The van der Waals surface area contributed by atoms with Crippen molar-refractivity contribution in [2.24, 2.45) is 5.92 Å². The molecule has 3 fully saturated rings. The summed E-state index contributed by atoms with van der Waals surface area (Å²) >= 11 is 1.66. The van der Waals surface area contributed by atoms with Crippen molar-refractivity contribution in [3.05, 3.63) is 89.4 Å². The van der Waals surface area contributed by atoms with Crippen LogP contribution in [-0.4, -0.2) is 124 Å². The van der Waals surface area contributed by atoms with E-state index in [9.17, 15) is 28.8 Å². The summed E-state index contributed by atoms with van der Waals surface area (Å²) in [6.45, 7) is 6.91. The summed E-state index contributed by atoms with van der Waals surface area (Å²) < 4.78 is 0. The van der Waals surface area contributed by atoms with Crippen LogP contribution in [0.25, 0.3) is 6.08 Å². The highest BCUT2D eigenvalue weighted by atomic mass is 32.2. The first kappa shape index (κ1) is 42.7. The van der Waals surface area contributed by atoms with Gasteiger partial charge in [0.1, 0.15) is 11.9 Å². The number of fused-ring (bicyclic) bond motifs is 1. The maximum Gasteiger partial charge on any atom is 0.262 e. The maximum atomic E-state index is 13.3. The van der Waals surface area contributed by atoms with Crippen molar-refractivity contribution < 1.29 is 28.8 Å². The lowest BCUT2D eigenvalue weighted by Gasteiger charge is -2.35. The molecule has 0 aliphatic carbocycles. The SMILES string of the molecule is O=C(/C=C/c1cccnc1)NCCCCC1CCN(C(=O)c2ccc(N3CCN(CCCCCSc4ccc5c(c4)C(=O)N(C4CCC(=O)NC4=O)C5=O)CC3)nc2)CC1. The number of benzene rings is 1. The summed E-state index contributed by atoms with van der Waals surface area (Å²) in [5, 5.41) is 5.18. The molecule has 15 heteroatoms. The molecule has 14 nitrogen and oxygen atoms in total. The summed E-state index contributed by atoms with van der Waals surface area (Å²) in [6.07, 6.45) is 17.0. The number of thioether (sulfide) groups is 1. The Hall–Kier alpha value is -5.41. The van der Waals surface area contributed by atoms with E-state index in [4.69, 9.17) is 0 Å². The van der Waals surface area contributed by atoms with Crippen molar-refractivity contribution in [3.8, 4) is 0 Å². The zero-order valence-corrected chi connectivity index (χ0v) is 34.9. The fourth-order valence-corrected chi connectivity index (χ4v) is 9.28. The fraction of sp³-hybridized carbons (Fsp3) is 0.467. The Kier molecular flexibility index (Phi) is 14.7. The molecule has 4 aliphatic heterocycles. The second-order valence-corrected chi connectivity index (χ2v) is 17.1. The monoisotopic (exact) mass is 834 g/mol. The molecular weight excluding hydrogens is 781 g/mol. The third-order valence-electron chi connectivity index (χ3n) is 11.8. The number of piperazine rings is 1. The third kappa shape index (κ3) is 11.0. The predicted octanol–water partition coefficient (Wildman–Crippen LogP) is 4.81. The number of amides is 6. The molecule has 4 aliphatic rings. The Morgan fingerprint density at radius 3 is 2.42 bits per heavy atom. The van der Waals surface area contributed by atoms with Gasteiger partial charge in [0.25, 0.3) is 17.7 Å². The molecule has 316 valence electrons. The van der Waals surface area contributed by atoms with Gasteiger partial charge in [0.05, 0.1) is 16.7 Å². The lowest BCUT2D eigenvalue weighted by molar-refractivity contribution is -0.136. The number of pyridine rings is 2. The van der Waals surface area contributed by atoms with Crippen molar-refractivity contribution >= 4 is 59.1 Å². The van der Waals surface area contributed by atoms with Gasteiger partial charge in [-0.2, -0.15) is 0 Å². The molecule has 3 saturated heterocycles.